The van der Waals surface area contributed by atoms with Crippen molar-refractivity contribution in [3.8, 4) is 17.2 Å². The van der Waals surface area contributed by atoms with Gasteiger partial charge < -0.3 is 19.5 Å². The molecule has 1 atom stereocenters. The van der Waals surface area contributed by atoms with Crippen LogP contribution in [-0.2, 0) is 0 Å². The maximum absolute atomic E-state index is 5.81. The van der Waals surface area contributed by atoms with Crippen molar-refractivity contribution in [3.05, 3.63) is 52.0 Å². The molecule has 1 aliphatic heterocycles. The van der Waals surface area contributed by atoms with Crippen LogP contribution in [0.5, 0.6) is 17.2 Å². The van der Waals surface area contributed by atoms with Crippen molar-refractivity contribution >= 4 is 15.9 Å². The van der Waals surface area contributed by atoms with Crippen LogP contribution in [0.15, 0.2) is 40.9 Å². The smallest absolute Gasteiger partial charge is 0.203 e. The third-order valence-corrected chi connectivity index (χ3v) is 5.43. The van der Waals surface area contributed by atoms with E-state index in [1.165, 1.54) is 5.56 Å². The minimum atomic E-state index is 0.0668. The SMILES string of the molecule is COc1ccc(C(c2cccc(Br)c2)N2CCCNCC2)c(OC)c1OC. The van der Waals surface area contributed by atoms with Crippen LogP contribution in [0, 0.1) is 0 Å². The Morgan fingerprint density at radius 1 is 0.963 bits per heavy atom. The molecule has 1 unspecified atom stereocenters. The number of methoxy groups -OCH3 is 3. The summed E-state index contributed by atoms with van der Waals surface area (Å²) < 4.78 is 18.0. The van der Waals surface area contributed by atoms with Gasteiger partial charge in [-0.05, 0) is 42.8 Å². The van der Waals surface area contributed by atoms with Gasteiger partial charge in [0.25, 0.3) is 0 Å². The summed E-state index contributed by atoms with van der Waals surface area (Å²) in [5, 5.41) is 3.49. The molecule has 6 heteroatoms. The zero-order valence-electron chi connectivity index (χ0n) is 16.1. The van der Waals surface area contributed by atoms with E-state index < -0.39 is 0 Å². The highest BCUT2D eigenvalue weighted by atomic mass is 79.9. The summed E-state index contributed by atoms with van der Waals surface area (Å²) in [7, 11) is 4.97. The Bertz CT molecular complexity index is 761. The van der Waals surface area contributed by atoms with Crippen LogP contribution in [0.2, 0.25) is 0 Å². The van der Waals surface area contributed by atoms with Gasteiger partial charge in [-0.25, -0.2) is 0 Å². The number of hydrogen-bond acceptors (Lipinski definition) is 5. The van der Waals surface area contributed by atoms with Crippen molar-refractivity contribution in [2.75, 3.05) is 47.5 Å². The van der Waals surface area contributed by atoms with Gasteiger partial charge in [0.2, 0.25) is 5.75 Å². The first-order valence-corrected chi connectivity index (χ1v) is 9.98. The molecule has 3 rings (SSSR count). The third-order valence-electron chi connectivity index (χ3n) is 4.93. The Hall–Kier alpha value is -1.76. The fourth-order valence-electron chi connectivity index (χ4n) is 3.73. The van der Waals surface area contributed by atoms with Gasteiger partial charge in [-0.1, -0.05) is 28.1 Å². The normalized spacial score (nSPS) is 16.4. The molecule has 1 aliphatic rings. The summed E-state index contributed by atoms with van der Waals surface area (Å²) in [6, 6.07) is 12.6. The number of rotatable bonds is 6. The largest absolute Gasteiger partial charge is 0.493 e. The molecule has 2 aromatic rings. The number of nitrogens with zero attached hydrogens (tertiary/aromatic N) is 1. The molecule has 0 bridgehead atoms. The van der Waals surface area contributed by atoms with E-state index in [-0.39, 0.29) is 6.04 Å². The number of ether oxygens (including phenoxy) is 3. The minimum absolute atomic E-state index is 0.0668. The Balaban J connectivity index is 2.15. The summed E-state index contributed by atoms with van der Waals surface area (Å²) in [5.74, 6) is 2.02. The third kappa shape index (κ3) is 4.39. The van der Waals surface area contributed by atoms with E-state index in [0.717, 1.165) is 48.4 Å². The second kappa shape index (κ2) is 9.44. The highest BCUT2D eigenvalue weighted by molar-refractivity contribution is 9.10. The fraction of sp³-hybridized carbons (Fsp3) is 0.429. The van der Waals surface area contributed by atoms with Crippen LogP contribution in [0.4, 0.5) is 0 Å². The van der Waals surface area contributed by atoms with Crippen molar-refractivity contribution in [2.45, 2.75) is 12.5 Å². The summed E-state index contributed by atoms with van der Waals surface area (Å²) in [5.41, 5.74) is 2.30. The van der Waals surface area contributed by atoms with E-state index in [9.17, 15) is 0 Å². The lowest BCUT2D eigenvalue weighted by Crippen LogP contribution is -2.33. The second-order valence-electron chi connectivity index (χ2n) is 6.52. The highest BCUT2D eigenvalue weighted by Gasteiger charge is 2.29. The monoisotopic (exact) mass is 434 g/mol. The molecule has 0 spiro atoms. The molecule has 146 valence electrons. The van der Waals surface area contributed by atoms with Gasteiger partial charge in [0.05, 0.1) is 27.4 Å². The number of nitrogens with one attached hydrogen (secondary N) is 1. The van der Waals surface area contributed by atoms with Crippen LogP contribution >= 0.6 is 15.9 Å². The molecule has 0 saturated carbocycles. The van der Waals surface area contributed by atoms with Gasteiger partial charge in [-0.2, -0.15) is 0 Å². The Morgan fingerprint density at radius 2 is 1.78 bits per heavy atom. The van der Waals surface area contributed by atoms with Gasteiger partial charge in [0, 0.05) is 29.7 Å². The molecule has 2 aromatic carbocycles. The first-order chi connectivity index (χ1) is 13.2. The number of halogens is 1. The Morgan fingerprint density at radius 3 is 2.48 bits per heavy atom. The minimum Gasteiger partial charge on any atom is -0.493 e. The van der Waals surface area contributed by atoms with E-state index in [0.29, 0.717) is 11.5 Å². The maximum atomic E-state index is 5.81. The molecule has 1 heterocycles. The van der Waals surface area contributed by atoms with Crippen molar-refractivity contribution in [2.24, 2.45) is 0 Å². The Labute approximate surface area is 169 Å². The van der Waals surface area contributed by atoms with E-state index >= 15 is 0 Å². The topological polar surface area (TPSA) is 43.0 Å². The molecule has 5 nitrogen and oxygen atoms in total. The van der Waals surface area contributed by atoms with Gasteiger partial charge in [-0.15, -0.1) is 0 Å². The van der Waals surface area contributed by atoms with Crippen molar-refractivity contribution in [1.29, 1.82) is 0 Å². The lowest BCUT2D eigenvalue weighted by molar-refractivity contribution is 0.233. The summed E-state index contributed by atoms with van der Waals surface area (Å²) in [6.45, 7) is 4.00. The van der Waals surface area contributed by atoms with Gasteiger partial charge in [0.1, 0.15) is 0 Å². The summed E-state index contributed by atoms with van der Waals surface area (Å²) in [4.78, 5) is 2.51. The first kappa shape index (κ1) is 20.0. The lowest BCUT2D eigenvalue weighted by Gasteiger charge is -2.33. The van der Waals surface area contributed by atoms with E-state index in [1.54, 1.807) is 21.3 Å². The number of hydrogen-bond donors (Lipinski definition) is 1. The molecular weight excluding hydrogens is 408 g/mol. The summed E-state index contributed by atoms with van der Waals surface area (Å²) >= 11 is 3.62. The van der Waals surface area contributed by atoms with Gasteiger partial charge in [0.15, 0.2) is 11.5 Å². The highest BCUT2D eigenvalue weighted by Crippen LogP contribution is 2.45. The van der Waals surface area contributed by atoms with E-state index in [1.807, 2.05) is 6.07 Å². The molecule has 0 aliphatic carbocycles. The van der Waals surface area contributed by atoms with E-state index in [2.05, 4.69) is 56.5 Å². The maximum Gasteiger partial charge on any atom is 0.203 e. The summed E-state index contributed by atoms with van der Waals surface area (Å²) in [6.07, 6.45) is 1.11. The predicted octanol–water partition coefficient (Wildman–Crippen LogP) is 3.86. The average Bonchev–Trinajstić information content (AvgIpc) is 2.97. The molecule has 1 N–H and O–H groups in total. The molecule has 1 saturated heterocycles. The molecule has 0 amide bonds. The lowest BCUT2D eigenvalue weighted by atomic mass is 9.95. The standard InChI is InChI=1S/C21H27BrN2O3/c1-25-18-9-8-17(20(26-2)21(18)27-3)19(15-6-4-7-16(22)14-15)24-12-5-10-23-11-13-24/h4,6-9,14,19,23H,5,10-13H2,1-3H3. The number of benzene rings is 2. The molecular formula is C21H27BrN2O3. The first-order valence-electron chi connectivity index (χ1n) is 9.18. The Kier molecular flexibility index (Phi) is 6.99. The second-order valence-corrected chi connectivity index (χ2v) is 7.44. The predicted molar refractivity (Wildman–Crippen MR) is 111 cm³/mol. The van der Waals surface area contributed by atoms with Gasteiger partial charge >= 0.3 is 0 Å². The van der Waals surface area contributed by atoms with E-state index in [4.69, 9.17) is 14.2 Å². The van der Waals surface area contributed by atoms with Crippen LogP contribution in [0.1, 0.15) is 23.6 Å². The average molecular weight is 435 g/mol. The quantitative estimate of drug-likeness (QED) is 0.747. The van der Waals surface area contributed by atoms with Gasteiger partial charge in [-0.3, -0.25) is 4.90 Å². The van der Waals surface area contributed by atoms with Crippen LogP contribution in [0.25, 0.3) is 0 Å². The van der Waals surface area contributed by atoms with Crippen molar-refractivity contribution < 1.29 is 14.2 Å². The molecule has 0 radical (unpaired) electrons. The van der Waals surface area contributed by atoms with Crippen LogP contribution in [0.3, 0.4) is 0 Å². The molecule has 1 fully saturated rings. The van der Waals surface area contributed by atoms with Crippen LogP contribution in [-0.4, -0.2) is 52.4 Å². The van der Waals surface area contributed by atoms with Crippen LogP contribution < -0.4 is 19.5 Å². The van der Waals surface area contributed by atoms with Crippen molar-refractivity contribution in [3.63, 3.8) is 0 Å². The zero-order chi connectivity index (χ0) is 19.2. The van der Waals surface area contributed by atoms with Crippen molar-refractivity contribution in [1.82, 2.24) is 10.2 Å². The zero-order valence-corrected chi connectivity index (χ0v) is 17.7. The molecule has 27 heavy (non-hydrogen) atoms. The fourth-order valence-corrected chi connectivity index (χ4v) is 4.15. The molecule has 0 aromatic heterocycles.